The van der Waals surface area contributed by atoms with Gasteiger partial charge in [0, 0.05) is 5.56 Å². The molecule has 4 rings (SSSR count). The molecule has 1 aromatic carbocycles. The second-order valence-electron chi connectivity index (χ2n) is 4.36. The average Bonchev–Trinajstić information content (AvgIpc) is 3.19. The topological polar surface area (TPSA) is 56.2 Å². The number of aromatic nitrogens is 4. The van der Waals surface area contributed by atoms with Crippen molar-refractivity contribution in [2.45, 2.75) is 0 Å². The lowest BCUT2D eigenvalue weighted by atomic mass is 10.2. The van der Waals surface area contributed by atoms with Crippen molar-refractivity contribution >= 4 is 16.3 Å². The summed E-state index contributed by atoms with van der Waals surface area (Å²) in [7, 11) is 0. The standard InChI is InChI=1S/C13H5F3N4OS/c14-7-4-6(5-8(15)10(7)16)12-19-20-11(9-2-1-3-21-9)17-18-13(20)22-12/h1-5H. The highest BCUT2D eigenvalue weighted by Gasteiger charge is 2.18. The van der Waals surface area contributed by atoms with Gasteiger partial charge in [-0.15, -0.1) is 10.2 Å². The SMILES string of the molecule is Fc1cc(-c2nn3c(-c4ccco4)nnc3s2)cc(F)c1F. The Morgan fingerprint density at radius 2 is 1.86 bits per heavy atom. The number of furan rings is 1. The van der Waals surface area contributed by atoms with Crippen molar-refractivity contribution < 1.29 is 17.6 Å². The van der Waals surface area contributed by atoms with Gasteiger partial charge >= 0.3 is 0 Å². The van der Waals surface area contributed by atoms with Crippen molar-refractivity contribution in [2.24, 2.45) is 0 Å². The van der Waals surface area contributed by atoms with Gasteiger partial charge in [-0.2, -0.15) is 9.61 Å². The summed E-state index contributed by atoms with van der Waals surface area (Å²) in [5.41, 5.74) is 0.122. The Morgan fingerprint density at radius 3 is 2.55 bits per heavy atom. The van der Waals surface area contributed by atoms with Crippen LogP contribution < -0.4 is 0 Å². The Bertz CT molecular complexity index is 954. The molecule has 4 aromatic rings. The third-order valence-electron chi connectivity index (χ3n) is 2.96. The van der Waals surface area contributed by atoms with Gasteiger partial charge in [-0.05, 0) is 24.3 Å². The maximum atomic E-state index is 13.3. The Hall–Kier alpha value is -2.68. The molecule has 0 bridgehead atoms. The Labute approximate surface area is 124 Å². The van der Waals surface area contributed by atoms with E-state index in [0.717, 1.165) is 23.5 Å². The van der Waals surface area contributed by atoms with E-state index in [1.807, 2.05) is 0 Å². The van der Waals surface area contributed by atoms with Crippen LogP contribution in [0.3, 0.4) is 0 Å². The fourth-order valence-corrected chi connectivity index (χ4v) is 2.80. The highest BCUT2D eigenvalue weighted by molar-refractivity contribution is 7.19. The van der Waals surface area contributed by atoms with E-state index in [0.29, 0.717) is 16.5 Å². The van der Waals surface area contributed by atoms with Crippen molar-refractivity contribution in [1.82, 2.24) is 19.8 Å². The zero-order valence-electron chi connectivity index (χ0n) is 10.6. The first-order valence-corrected chi connectivity index (χ1v) is 6.86. The summed E-state index contributed by atoms with van der Waals surface area (Å²) in [4.78, 5) is 0.423. The van der Waals surface area contributed by atoms with E-state index in [1.54, 1.807) is 12.1 Å². The van der Waals surface area contributed by atoms with Crippen LogP contribution in [0.25, 0.3) is 27.1 Å². The Kier molecular flexibility index (Phi) is 2.76. The molecule has 0 atom stereocenters. The van der Waals surface area contributed by atoms with Crippen molar-refractivity contribution in [3.8, 4) is 22.2 Å². The normalized spacial score (nSPS) is 11.4. The van der Waals surface area contributed by atoms with Crippen LogP contribution in [0.1, 0.15) is 0 Å². The molecule has 110 valence electrons. The molecule has 0 saturated carbocycles. The summed E-state index contributed by atoms with van der Waals surface area (Å²) in [6, 6.07) is 5.15. The van der Waals surface area contributed by atoms with Crippen LogP contribution >= 0.6 is 11.3 Å². The minimum Gasteiger partial charge on any atom is -0.461 e. The van der Waals surface area contributed by atoms with Gasteiger partial charge in [-0.1, -0.05) is 11.3 Å². The average molecular weight is 322 g/mol. The first-order valence-electron chi connectivity index (χ1n) is 6.04. The molecule has 0 saturated heterocycles. The van der Waals surface area contributed by atoms with Crippen LogP contribution in [-0.2, 0) is 0 Å². The van der Waals surface area contributed by atoms with Gasteiger partial charge in [-0.3, -0.25) is 0 Å². The fraction of sp³-hybridized carbons (Fsp3) is 0. The summed E-state index contributed by atoms with van der Waals surface area (Å²) < 4.78 is 46.3. The smallest absolute Gasteiger partial charge is 0.235 e. The molecule has 0 fully saturated rings. The zero-order valence-corrected chi connectivity index (χ0v) is 11.4. The lowest BCUT2D eigenvalue weighted by Crippen LogP contribution is -1.93. The van der Waals surface area contributed by atoms with Crippen LogP contribution in [0.5, 0.6) is 0 Å². The number of halogens is 3. The molecule has 22 heavy (non-hydrogen) atoms. The van der Waals surface area contributed by atoms with Gasteiger partial charge in [0.1, 0.15) is 5.01 Å². The van der Waals surface area contributed by atoms with E-state index < -0.39 is 17.5 Å². The predicted octanol–water partition coefficient (Wildman–Crippen LogP) is 3.53. The molecule has 0 aliphatic heterocycles. The van der Waals surface area contributed by atoms with E-state index in [9.17, 15) is 13.2 Å². The van der Waals surface area contributed by atoms with E-state index >= 15 is 0 Å². The second-order valence-corrected chi connectivity index (χ2v) is 5.31. The third-order valence-corrected chi connectivity index (χ3v) is 3.91. The quantitative estimate of drug-likeness (QED) is 0.530. The minimum atomic E-state index is -1.51. The molecule has 0 aliphatic carbocycles. The number of rotatable bonds is 2. The largest absolute Gasteiger partial charge is 0.461 e. The zero-order chi connectivity index (χ0) is 15.3. The van der Waals surface area contributed by atoms with Crippen LogP contribution in [0.2, 0.25) is 0 Å². The molecule has 0 radical (unpaired) electrons. The fourth-order valence-electron chi connectivity index (χ4n) is 1.97. The number of hydrogen-bond acceptors (Lipinski definition) is 5. The predicted molar refractivity (Wildman–Crippen MR) is 71.7 cm³/mol. The lowest BCUT2D eigenvalue weighted by molar-refractivity contribution is 0.447. The molecule has 0 N–H and O–H groups in total. The summed E-state index contributed by atoms with van der Waals surface area (Å²) in [6.45, 7) is 0. The van der Waals surface area contributed by atoms with E-state index in [4.69, 9.17) is 4.42 Å². The van der Waals surface area contributed by atoms with Crippen LogP contribution in [-0.4, -0.2) is 19.8 Å². The number of fused-ring (bicyclic) bond motifs is 1. The molecule has 5 nitrogen and oxygen atoms in total. The van der Waals surface area contributed by atoms with Crippen molar-refractivity contribution in [2.75, 3.05) is 0 Å². The van der Waals surface area contributed by atoms with Gasteiger partial charge < -0.3 is 4.42 Å². The molecular weight excluding hydrogens is 317 g/mol. The van der Waals surface area contributed by atoms with E-state index in [1.165, 1.54) is 10.8 Å². The Balaban J connectivity index is 1.87. The Morgan fingerprint density at radius 1 is 1.09 bits per heavy atom. The molecule has 9 heteroatoms. The van der Waals surface area contributed by atoms with Gasteiger partial charge in [-0.25, -0.2) is 13.2 Å². The molecule has 3 aromatic heterocycles. The molecule has 0 amide bonds. The molecule has 0 aliphatic rings. The van der Waals surface area contributed by atoms with E-state index in [2.05, 4.69) is 15.3 Å². The summed E-state index contributed by atoms with van der Waals surface area (Å²) >= 11 is 1.07. The van der Waals surface area contributed by atoms with Crippen LogP contribution in [0.4, 0.5) is 13.2 Å². The summed E-state index contributed by atoms with van der Waals surface area (Å²) in [5.74, 6) is -3.23. The monoisotopic (exact) mass is 322 g/mol. The molecule has 0 unspecified atom stereocenters. The van der Waals surface area contributed by atoms with Crippen molar-refractivity contribution in [1.29, 1.82) is 0 Å². The highest BCUT2D eigenvalue weighted by atomic mass is 32.1. The van der Waals surface area contributed by atoms with Crippen molar-refractivity contribution in [3.05, 3.63) is 48.0 Å². The third kappa shape index (κ3) is 1.90. The van der Waals surface area contributed by atoms with Gasteiger partial charge in [0.25, 0.3) is 0 Å². The summed E-state index contributed by atoms with van der Waals surface area (Å²) in [5, 5.41) is 12.4. The number of hydrogen-bond donors (Lipinski definition) is 0. The van der Waals surface area contributed by atoms with Gasteiger partial charge in [0.05, 0.1) is 6.26 Å². The molecule has 3 heterocycles. The molecular formula is C13H5F3N4OS. The number of nitrogens with zero attached hydrogens (tertiary/aromatic N) is 4. The molecule has 0 spiro atoms. The first kappa shape index (κ1) is 13.0. The maximum Gasteiger partial charge on any atom is 0.235 e. The van der Waals surface area contributed by atoms with Crippen molar-refractivity contribution in [3.63, 3.8) is 0 Å². The maximum absolute atomic E-state index is 13.3. The van der Waals surface area contributed by atoms with Gasteiger partial charge in [0.15, 0.2) is 23.2 Å². The minimum absolute atomic E-state index is 0.122. The lowest BCUT2D eigenvalue weighted by Gasteiger charge is -1.99. The highest BCUT2D eigenvalue weighted by Crippen LogP contribution is 2.29. The van der Waals surface area contributed by atoms with E-state index in [-0.39, 0.29) is 10.6 Å². The first-order chi connectivity index (χ1) is 10.6. The van der Waals surface area contributed by atoms with Crippen LogP contribution in [0.15, 0.2) is 34.9 Å². The van der Waals surface area contributed by atoms with Gasteiger partial charge in [0.2, 0.25) is 10.8 Å². The second kappa shape index (κ2) is 4.67. The number of benzene rings is 1. The van der Waals surface area contributed by atoms with Crippen LogP contribution in [0, 0.1) is 17.5 Å². The summed E-state index contributed by atoms with van der Waals surface area (Å²) in [6.07, 6.45) is 1.48.